The lowest BCUT2D eigenvalue weighted by Gasteiger charge is -2.09. The number of hydrogen-bond donors (Lipinski definition) is 0. The first-order chi connectivity index (χ1) is 7.75. The quantitative estimate of drug-likeness (QED) is 0.520. The second kappa shape index (κ2) is 7.18. The van der Waals surface area contributed by atoms with Crippen molar-refractivity contribution in [2.45, 2.75) is 26.2 Å². The van der Waals surface area contributed by atoms with E-state index in [9.17, 15) is 4.79 Å². The Morgan fingerprint density at radius 2 is 1.94 bits per heavy atom. The summed E-state index contributed by atoms with van der Waals surface area (Å²) in [4.78, 5) is 12.0. The van der Waals surface area contributed by atoms with Crippen LogP contribution in [0.2, 0.25) is 0 Å². The Bertz CT molecular complexity index is 306. The molecule has 1 unspecified atom stereocenters. The minimum atomic E-state index is 0.110. The van der Waals surface area contributed by atoms with E-state index in [4.69, 9.17) is 4.74 Å². The fourth-order valence-corrected chi connectivity index (χ4v) is 1.71. The van der Waals surface area contributed by atoms with Crippen molar-refractivity contribution >= 4 is 5.78 Å². The van der Waals surface area contributed by atoms with E-state index in [1.54, 1.807) is 7.11 Å². The highest BCUT2D eigenvalue weighted by Gasteiger charge is 2.13. The summed E-state index contributed by atoms with van der Waals surface area (Å²) in [5, 5.41) is 0. The van der Waals surface area contributed by atoms with E-state index in [2.05, 4.69) is 0 Å². The number of hydrogen-bond acceptors (Lipinski definition) is 2. The summed E-state index contributed by atoms with van der Waals surface area (Å²) < 4.78 is 4.98. The van der Waals surface area contributed by atoms with Crippen LogP contribution in [0.25, 0.3) is 0 Å². The molecule has 88 valence electrons. The molecule has 0 amide bonds. The minimum Gasteiger partial charge on any atom is -0.385 e. The third kappa shape index (κ3) is 4.15. The maximum absolute atomic E-state index is 12.0. The summed E-state index contributed by atoms with van der Waals surface area (Å²) in [5.41, 5.74) is 0.821. The van der Waals surface area contributed by atoms with Gasteiger partial charge in [0.15, 0.2) is 5.78 Å². The monoisotopic (exact) mass is 220 g/mol. The van der Waals surface area contributed by atoms with Gasteiger partial charge in [-0.1, -0.05) is 43.7 Å². The minimum absolute atomic E-state index is 0.110. The molecule has 2 heteroatoms. The van der Waals surface area contributed by atoms with Crippen LogP contribution in [0.5, 0.6) is 0 Å². The third-order valence-electron chi connectivity index (χ3n) is 2.74. The maximum Gasteiger partial charge on any atom is 0.165 e. The van der Waals surface area contributed by atoms with Crippen molar-refractivity contribution in [3.63, 3.8) is 0 Å². The van der Waals surface area contributed by atoms with Crippen LogP contribution in [0.4, 0.5) is 0 Å². The van der Waals surface area contributed by atoms with Crippen molar-refractivity contribution in [2.75, 3.05) is 13.7 Å². The van der Waals surface area contributed by atoms with Crippen molar-refractivity contribution in [2.24, 2.45) is 5.92 Å². The first-order valence-corrected chi connectivity index (χ1v) is 5.84. The Labute approximate surface area is 97.6 Å². The molecule has 0 heterocycles. The van der Waals surface area contributed by atoms with Gasteiger partial charge in [0.05, 0.1) is 0 Å². The van der Waals surface area contributed by atoms with E-state index < -0.39 is 0 Å². The fourth-order valence-electron chi connectivity index (χ4n) is 1.71. The van der Waals surface area contributed by atoms with Gasteiger partial charge >= 0.3 is 0 Å². The SMILES string of the molecule is COCCCCC(C)C(=O)c1ccccc1. The number of Topliss-reactive ketones (excluding diaryl/α,β-unsaturated/α-hetero) is 1. The van der Waals surface area contributed by atoms with Gasteiger partial charge in [-0.15, -0.1) is 0 Å². The number of methoxy groups -OCH3 is 1. The molecule has 1 aromatic rings. The Hall–Kier alpha value is -1.15. The second-order valence-electron chi connectivity index (χ2n) is 4.12. The van der Waals surface area contributed by atoms with Crippen LogP contribution < -0.4 is 0 Å². The maximum atomic E-state index is 12.0. The Balaban J connectivity index is 2.37. The normalized spacial score (nSPS) is 12.4. The van der Waals surface area contributed by atoms with Crippen molar-refractivity contribution in [1.82, 2.24) is 0 Å². The van der Waals surface area contributed by atoms with Crippen LogP contribution in [0.15, 0.2) is 30.3 Å². The van der Waals surface area contributed by atoms with Crippen LogP contribution in [0, 0.1) is 5.92 Å². The average molecular weight is 220 g/mol. The van der Waals surface area contributed by atoms with Crippen LogP contribution in [0.1, 0.15) is 36.5 Å². The summed E-state index contributed by atoms with van der Waals surface area (Å²) in [5.74, 6) is 0.359. The molecule has 1 aromatic carbocycles. The van der Waals surface area contributed by atoms with Gasteiger partial charge in [-0.05, 0) is 12.8 Å². The second-order valence-corrected chi connectivity index (χ2v) is 4.12. The summed E-state index contributed by atoms with van der Waals surface area (Å²) in [6, 6.07) is 9.51. The molecule has 1 atom stereocenters. The van der Waals surface area contributed by atoms with E-state index >= 15 is 0 Å². The number of ketones is 1. The van der Waals surface area contributed by atoms with Gasteiger partial charge < -0.3 is 4.74 Å². The molecule has 0 fully saturated rings. The number of ether oxygens (including phenoxy) is 1. The van der Waals surface area contributed by atoms with Gasteiger partial charge in [0, 0.05) is 25.2 Å². The molecular formula is C14H20O2. The highest BCUT2D eigenvalue weighted by molar-refractivity contribution is 5.97. The molecule has 2 nitrogen and oxygen atoms in total. The summed E-state index contributed by atoms with van der Waals surface area (Å²) in [6.07, 6.45) is 3.02. The molecule has 0 aliphatic rings. The molecule has 0 bridgehead atoms. The zero-order valence-corrected chi connectivity index (χ0v) is 10.1. The van der Waals surface area contributed by atoms with E-state index in [-0.39, 0.29) is 11.7 Å². The lowest BCUT2D eigenvalue weighted by molar-refractivity contribution is 0.0920. The third-order valence-corrected chi connectivity index (χ3v) is 2.74. The Morgan fingerprint density at radius 1 is 1.25 bits per heavy atom. The molecule has 0 saturated heterocycles. The molecule has 0 aliphatic carbocycles. The van der Waals surface area contributed by atoms with Gasteiger partial charge in [0.1, 0.15) is 0 Å². The molecular weight excluding hydrogens is 200 g/mol. The highest BCUT2D eigenvalue weighted by atomic mass is 16.5. The van der Waals surface area contributed by atoms with Gasteiger partial charge in [-0.2, -0.15) is 0 Å². The van der Waals surface area contributed by atoms with Gasteiger partial charge in [-0.25, -0.2) is 0 Å². The summed E-state index contributed by atoms with van der Waals surface area (Å²) in [6.45, 7) is 2.79. The summed E-state index contributed by atoms with van der Waals surface area (Å²) >= 11 is 0. The van der Waals surface area contributed by atoms with Crippen LogP contribution in [-0.2, 0) is 4.74 Å². The number of carbonyl (C=O) groups excluding carboxylic acids is 1. The first kappa shape index (κ1) is 12.9. The van der Waals surface area contributed by atoms with Gasteiger partial charge in [0.2, 0.25) is 0 Å². The zero-order valence-electron chi connectivity index (χ0n) is 10.1. The van der Waals surface area contributed by atoms with Crippen LogP contribution in [0.3, 0.4) is 0 Å². The zero-order chi connectivity index (χ0) is 11.8. The van der Waals surface area contributed by atoms with Gasteiger partial charge in [0.25, 0.3) is 0 Å². The molecule has 0 aliphatic heterocycles. The van der Waals surface area contributed by atoms with Crippen molar-refractivity contribution in [3.05, 3.63) is 35.9 Å². The Kier molecular flexibility index (Phi) is 5.79. The predicted molar refractivity (Wildman–Crippen MR) is 65.7 cm³/mol. The molecule has 1 rings (SSSR count). The Morgan fingerprint density at radius 3 is 2.56 bits per heavy atom. The van der Waals surface area contributed by atoms with Crippen LogP contribution >= 0.6 is 0 Å². The molecule has 0 radical (unpaired) electrons. The largest absolute Gasteiger partial charge is 0.385 e. The summed E-state index contributed by atoms with van der Waals surface area (Å²) in [7, 11) is 1.71. The first-order valence-electron chi connectivity index (χ1n) is 5.84. The predicted octanol–water partition coefficient (Wildman–Crippen LogP) is 3.32. The number of unbranched alkanes of at least 4 members (excludes halogenated alkanes) is 1. The topological polar surface area (TPSA) is 26.3 Å². The standard InChI is InChI=1S/C14H20O2/c1-12(8-6-7-11-16-2)14(15)13-9-4-3-5-10-13/h3-5,9-10,12H,6-8,11H2,1-2H3. The van der Waals surface area contributed by atoms with Crippen molar-refractivity contribution in [1.29, 1.82) is 0 Å². The average Bonchev–Trinajstić information content (AvgIpc) is 2.34. The van der Waals surface area contributed by atoms with Crippen LogP contribution in [-0.4, -0.2) is 19.5 Å². The van der Waals surface area contributed by atoms with E-state index in [1.165, 1.54) is 0 Å². The van der Waals surface area contributed by atoms with Gasteiger partial charge in [-0.3, -0.25) is 4.79 Å². The molecule has 0 spiro atoms. The molecule has 0 saturated carbocycles. The number of carbonyl (C=O) groups is 1. The highest BCUT2D eigenvalue weighted by Crippen LogP contribution is 2.14. The van der Waals surface area contributed by atoms with Crippen molar-refractivity contribution in [3.8, 4) is 0 Å². The molecule has 16 heavy (non-hydrogen) atoms. The molecule has 0 aromatic heterocycles. The van der Waals surface area contributed by atoms with E-state index in [0.717, 1.165) is 31.4 Å². The van der Waals surface area contributed by atoms with E-state index in [1.807, 2.05) is 37.3 Å². The lowest BCUT2D eigenvalue weighted by atomic mass is 9.94. The lowest BCUT2D eigenvalue weighted by Crippen LogP contribution is -2.11. The molecule has 0 N–H and O–H groups in total. The fraction of sp³-hybridized carbons (Fsp3) is 0.500. The van der Waals surface area contributed by atoms with E-state index in [0.29, 0.717) is 0 Å². The smallest absolute Gasteiger partial charge is 0.165 e. The van der Waals surface area contributed by atoms with Crippen molar-refractivity contribution < 1.29 is 9.53 Å². The number of rotatable bonds is 7. The number of benzene rings is 1.